The van der Waals surface area contributed by atoms with Crippen molar-refractivity contribution in [2.24, 2.45) is 11.8 Å². The molecular weight excluding hydrogens is 643 g/mol. The molecule has 3 rings (SSSR count). The Morgan fingerprint density at radius 2 is 1.60 bits per heavy atom. The number of esters is 2. The highest BCUT2D eigenvalue weighted by Gasteiger charge is 2.39. The molecule has 3 heterocycles. The van der Waals surface area contributed by atoms with Gasteiger partial charge in [0.2, 0.25) is 0 Å². The van der Waals surface area contributed by atoms with Gasteiger partial charge >= 0.3 is 11.9 Å². The summed E-state index contributed by atoms with van der Waals surface area (Å²) >= 11 is 5.37. The molecule has 0 spiro atoms. The molecule has 0 N–H and O–H groups in total. The summed E-state index contributed by atoms with van der Waals surface area (Å²) in [4.78, 5) is 34.1. The second-order valence-electron chi connectivity index (χ2n) is 12.7. The van der Waals surface area contributed by atoms with Crippen LogP contribution in [0.2, 0.25) is 0 Å². The van der Waals surface area contributed by atoms with E-state index in [4.69, 9.17) is 9.47 Å². The lowest BCUT2D eigenvalue weighted by atomic mass is 10.0. The van der Waals surface area contributed by atoms with Gasteiger partial charge in [0.25, 0.3) is 5.92 Å². The lowest BCUT2D eigenvalue weighted by Crippen LogP contribution is -2.24. The van der Waals surface area contributed by atoms with E-state index in [9.17, 15) is 18.4 Å². The first kappa shape index (κ1) is 41.1. The molecule has 1 saturated heterocycles. The van der Waals surface area contributed by atoms with Crippen LogP contribution in [-0.4, -0.2) is 70.2 Å². The summed E-state index contributed by atoms with van der Waals surface area (Å²) in [5, 5.41) is 0.540. The highest BCUT2D eigenvalue weighted by atomic mass is 32.2. The number of unbranched alkanes of at least 4 members (excludes halogenated alkanes) is 2. The van der Waals surface area contributed by atoms with Crippen molar-refractivity contribution in [3.63, 3.8) is 0 Å². The molecule has 2 aromatic rings. The molecule has 8 nitrogen and oxygen atoms in total. The summed E-state index contributed by atoms with van der Waals surface area (Å²) in [6.45, 7) is 13.8. The third kappa shape index (κ3) is 14.5. The molecule has 0 amide bonds. The molecule has 0 radical (unpaired) electrons. The van der Waals surface area contributed by atoms with Crippen LogP contribution in [0.1, 0.15) is 118 Å². The number of nitrogens with zero attached hydrogens (tertiary/aromatic N) is 4. The number of ether oxygens (including phenoxy) is 2. The molecule has 1 fully saturated rings. The highest BCUT2D eigenvalue weighted by Crippen LogP contribution is 2.36. The Kier molecular flexibility index (Phi) is 19.1. The number of carbonyl (C=O) groups excluding carboxylic acids is 2. The predicted octanol–water partition coefficient (Wildman–Crippen LogP) is 9.17. The Morgan fingerprint density at radius 1 is 1.00 bits per heavy atom. The first-order chi connectivity index (χ1) is 22.5. The maximum atomic E-state index is 13.8. The van der Waals surface area contributed by atoms with Gasteiger partial charge in [-0.3, -0.25) is 9.59 Å². The molecule has 2 unspecified atom stereocenters. The Labute approximate surface area is 290 Å². The van der Waals surface area contributed by atoms with Crippen molar-refractivity contribution >= 4 is 53.1 Å². The standard InChI is InChI=1S/C24H36F2N4O2S.C11H22O2S/c1-5-7-8-18(6-2)15-32-21(31)9-12-33-23-27-13-19-22(28-23)20(14-30(19)17(3)4)29-11-10-24(25,26)16-29;1-3-5-6-10(4-2)9-13-11(12)7-8-14/h13-14,17-18H,5-12,15-16H2,1-4H3;10,14H,3-9H2,1-2H3. The zero-order valence-corrected chi connectivity index (χ0v) is 31.2. The molecule has 0 bridgehead atoms. The molecule has 0 saturated carbocycles. The van der Waals surface area contributed by atoms with Crippen LogP contribution in [0.25, 0.3) is 11.0 Å². The first-order valence-corrected chi connectivity index (χ1v) is 19.1. The van der Waals surface area contributed by atoms with Crippen molar-refractivity contribution < 1.29 is 27.8 Å². The van der Waals surface area contributed by atoms with Gasteiger partial charge in [-0.25, -0.2) is 18.7 Å². The van der Waals surface area contributed by atoms with Crippen LogP contribution in [0.4, 0.5) is 14.5 Å². The summed E-state index contributed by atoms with van der Waals surface area (Å²) in [7, 11) is 0. The molecule has 0 aromatic carbocycles. The number of thioether (sulfide) groups is 1. The first-order valence-electron chi connectivity index (χ1n) is 17.5. The number of thiol groups is 1. The average Bonchev–Trinajstić information content (AvgIpc) is 3.61. The van der Waals surface area contributed by atoms with Gasteiger partial charge in [0.05, 0.1) is 50.0 Å². The largest absolute Gasteiger partial charge is 0.465 e. The normalized spacial score (nSPS) is 15.4. The molecule has 2 aromatic heterocycles. The minimum Gasteiger partial charge on any atom is -0.465 e. The molecule has 2 atom stereocenters. The van der Waals surface area contributed by atoms with Crippen LogP contribution in [-0.2, 0) is 19.1 Å². The van der Waals surface area contributed by atoms with E-state index in [1.165, 1.54) is 31.0 Å². The van der Waals surface area contributed by atoms with Gasteiger partial charge in [-0.2, -0.15) is 12.6 Å². The van der Waals surface area contributed by atoms with Crippen molar-refractivity contribution in [2.45, 2.75) is 129 Å². The minimum absolute atomic E-state index is 0.116. The van der Waals surface area contributed by atoms with E-state index in [2.05, 4.69) is 50.3 Å². The van der Waals surface area contributed by atoms with E-state index in [0.29, 0.717) is 60.2 Å². The van der Waals surface area contributed by atoms with Crippen LogP contribution < -0.4 is 4.90 Å². The number of rotatable bonds is 20. The third-order valence-corrected chi connectivity index (χ3v) is 9.58. The van der Waals surface area contributed by atoms with Crippen LogP contribution in [0, 0.1) is 11.8 Å². The molecule has 12 heteroatoms. The number of alkyl halides is 2. The smallest absolute Gasteiger partial charge is 0.306 e. The molecule has 268 valence electrons. The lowest BCUT2D eigenvalue weighted by Gasteiger charge is -2.16. The van der Waals surface area contributed by atoms with Crippen LogP contribution in [0.3, 0.4) is 0 Å². The fourth-order valence-corrected chi connectivity index (χ4v) is 6.26. The van der Waals surface area contributed by atoms with Crippen molar-refractivity contribution in [1.82, 2.24) is 14.5 Å². The molecule has 0 aliphatic carbocycles. The van der Waals surface area contributed by atoms with Crippen molar-refractivity contribution in [2.75, 3.05) is 42.7 Å². The van der Waals surface area contributed by atoms with Crippen molar-refractivity contribution in [3.8, 4) is 0 Å². The van der Waals surface area contributed by atoms with Crippen LogP contribution >= 0.6 is 24.4 Å². The Morgan fingerprint density at radius 3 is 2.09 bits per heavy atom. The lowest BCUT2D eigenvalue weighted by molar-refractivity contribution is -0.145. The minimum atomic E-state index is -2.68. The van der Waals surface area contributed by atoms with Gasteiger partial charge in [-0.1, -0.05) is 78.0 Å². The summed E-state index contributed by atoms with van der Waals surface area (Å²) in [6, 6.07) is 0.158. The second-order valence-corrected chi connectivity index (χ2v) is 14.2. The van der Waals surface area contributed by atoms with Gasteiger partial charge in [0.15, 0.2) is 5.16 Å². The fraction of sp³-hybridized carbons (Fsp3) is 0.771. The Bertz CT molecular complexity index is 1210. The van der Waals surface area contributed by atoms with Crippen LogP contribution in [0.5, 0.6) is 0 Å². The van der Waals surface area contributed by atoms with E-state index in [1.54, 1.807) is 11.1 Å². The van der Waals surface area contributed by atoms with E-state index in [0.717, 1.165) is 43.3 Å². The summed E-state index contributed by atoms with van der Waals surface area (Å²) < 4.78 is 40.3. The van der Waals surface area contributed by atoms with Gasteiger partial charge in [0, 0.05) is 36.7 Å². The fourth-order valence-electron chi connectivity index (χ4n) is 5.35. The van der Waals surface area contributed by atoms with Gasteiger partial charge in [-0.05, 0) is 38.5 Å². The number of aromatic nitrogens is 3. The Balaban J connectivity index is 0.000000463. The van der Waals surface area contributed by atoms with Crippen molar-refractivity contribution in [3.05, 3.63) is 12.4 Å². The van der Waals surface area contributed by atoms with Crippen LogP contribution in [0.15, 0.2) is 17.6 Å². The SMILES string of the molecule is CCCCC(CC)COC(=O)CCS.CCCCC(CC)COC(=O)CCSc1ncc2c(n1)c(N1CCC(F)(F)C1)cn2C(C)C. The van der Waals surface area contributed by atoms with E-state index >= 15 is 0 Å². The van der Waals surface area contributed by atoms with Gasteiger partial charge in [0.1, 0.15) is 5.52 Å². The third-order valence-electron chi connectivity index (χ3n) is 8.50. The van der Waals surface area contributed by atoms with Crippen molar-refractivity contribution in [1.29, 1.82) is 0 Å². The topological polar surface area (TPSA) is 86.6 Å². The molecular formula is C35H58F2N4O4S2. The zero-order chi connectivity index (χ0) is 34.8. The van der Waals surface area contributed by atoms with E-state index < -0.39 is 5.92 Å². The summed E-state index contributed by atoms with van der Waals surface area (Å²) in [6.07, 6.45) is 13.3. The maximum Gasteiger partial charge on any atom is 0.306 e. The highest BCUT2D eigenvalue weighted by molar-refractivity contribution is 7.99. The number of halogens is 2. The molecule has 1 aliphatic heterocycles. The van der Waals surface area contributed by atoms with Gasteiger partial charge in [-0.15, -0.1) is 0 Å². The monoisotopic (exact) mass is 700 g/mol. The maximum absolute atomic E-state index is 13.8. The summed E-state index contributed by atoms with van der Waals surface area (Å²) in [5.41, 5.74) is 2.23. The number of hydrogen-bond donors (Lipinski definition) is 1. The molecule has 1 aliphatic rings. The van der Waals surface area contributed by atoms with E-state index in [-0.39, 0.29) is 37.4 Å². The summed E-state index contributed by atoms with van der Waals surface area (Å²) in [5.74, 6) is -0.945. The second kappa shape index (κ2) is 21.8. The quantitative estimate of drug-likeness (QED) is 0.0634. The van der Waals surface area contributed by atoms with E-state index in [1.807, 2.05) is 24.6 Å². The zero-order valence-electron chi connectivity index (χ0n) is 29.4. The number of carbonyl (C=O) groups is 2. The average molecular weight is 701 g/mol. The number of anilines is 1. The van der Waals surface area contributed by atoms with Gasteiger partial charge < -0.3 is 18.9 Å². The Hall–Kier alpha value is -2.08. The molecule has 47 heavy (non-hydrogen) atoms. The number of fused-ring (bicyclic) bond motifs is 1. The predicted molar refractivity (Wildman–Crippen MR) is 192 cm³/mol. The number of hydrogen-bond acceptors (Lipinski definition) is 9.